The Morgan fingerprint density at radius 1 is 0.821 bits per heavy atom. The van der Waals surface area contributed by atoms with E-state index >= 15 is 0 Å². The van der Waals surface area contributed by atoms with Crippen LogP contribution in [0.4, 0.5) is 0 Å². The Labute approximate surface area is 172 Å². The fourth-order valence-corrected chi connectivity index (χ4v) is 4.02. The molecule has 4 rings (SSSR count). The Morgan fingerprint density at radius 3 is 1.93 bits per heavy atom. The number of aliphatic hydroxyl groups is 2. The lowest BCUT2D eigenvalue weighted by atomic mass is 10.0. The van der Waals surface area contributed by atoms with E-state index in [9.17, 15) is 10.2 Å². The molecule has 2 aromatic rings. The first kappa shape index (κ1) is 20.1. The summed E-state index contributed by atoms with van der Waals surface area (Å²) in [6, 6.07) is 17.9. The van der Waals surface area contributed by atoms with E-state index in [0.717, 1.165) is 0 Å². The van der Waals surface area contributed by atoms with Crippen molar-refractivity contribution in [2.24, 2.45) is 0 Å². The highest BCUT2D eigenvalue weighted by Gasteiger charge is 2.55. The molecule has 6 nitrogen and oxygen atoms in total. The van der Waals surface area contributed by atoms with Gasteiger partial charge in [0.25, 0.3) is 10.5 Å². The first-order chi connectivity index (χ1) is 13.5. The molecule has 0 aliphatic carbocycles. The molecule has 2 N–H and O–H groups in total. The summed E-state index contributed by atoms with van der Waals surface area (Å²) >= 11 is 13.1. The minimum absolute atomic E-state index is 0.0817. The van der Waals surface area contributed by atoms with Crippen molar-refractivity contribution in [2.45, 2.75) is 34.9 Å². The van der Waals surface area contributed by atoms with E-state index in [1.807, 2.05) is 12.1 Å². The van der Waals surface area contributed by atoms with Crippen LogP contribution in [0.25, 0.3) is 0 Å². The van der Waals surface area contributed by atoms with Gasteiger partial charge in [0.05, 0.1) is 13.2 Å². The molecule has 28 heavy (non-hydrogen) atoms. The fraction of sp³-hybridized carbons (Fsp3) is 0.400. The van der Waals surface area contributed by atoms with Gasteiger partial charge in [-0.05, 0) is 0 Å². The molecule has 2 saturated heterocycles. The normalized spacial score (nSPS) is 38.4. The van der Waals surface area contributed by atoms with Gasteiger partial charge in [0.1, 0.15) is 24.4 Å². The quantitative estimate of drug-likeness (QED) is 0.731. The molecule has 2 heterocycles. The molecule has 6 atom stereocenters. The third-order valence-electron chi connectivity index (χ3n) is 4.80. The maximum atomic E-state index is 10.5. The monoisotopic (exact) mass is 426 g/mol. The summed E-state index contributed by atoms with van der Waals surface area (Å²) in [7, 11) is 0. The second kappa shape index (κ2) is 7.89. The lowest BCUT2D eigenvalue weighted by Crippen LogP contribution is -2.55. The first-order valence-electron chi connectivity index (χ1n) is 8.90. The van der Waals surface area contributed by atoms with Crippen molar-refractivity contribution in [1.29, 1.82) is 0 Å². The molecule has 0 radical (unpaired) electrons. The number of alkyl halides is 2. The first-order valence-corrected chi connectivity index (χ1v) is 9.66. The Morgan fingerprint density at radius 2 is 1.36 bits per heavy atom. The molecule has 2 aromatic carbocycles. The number of aliphatic hydroxyl groups excluding tert-OH is 2. The number of hydrogen-bond donors (Lipinski definition) is 2. The van der Waals surface area contributed by atoms with E-state index in [4.69, 9.17) is 42.1 Å². The van der Waals surface area contributed by atoms with Crippen LogP contribution in [0.5, 0.6) is 0 Å². The van der Waals surface area contributed by atoms with Gasteiger partial charge in [-0.3, -0.25) is 0 Å². The third kappa shape index (κ3) is 3.67. The molecule has 2 aliphatic heterocycles. The molecule has 2 unspecified atom stereocenters. The van der Waals surface area contributed by atoms with Crippen molar-refractivity contribution in [1.82, 2.24) is 0 Å². The molecular formula is C20H20Cl2O6. The molecular weight excluding hydrogens is 407 g/mol. The summed E-state index contributed by atoms with van der Waals surface area (Å²) in [5.74, 6) is 0. The summed E-state index contributed by atoms with van der Waals surface area (Å²) in [6.07, 6.45) is -3.68. The lowest BCUT2D eigenvalue weighted by Gasteiger charge is -2.41. The predicted molar refractivity (Wildman–Crippen MR) is 102 cm³/mol. The zero-order valence-electron chi connectivity index (χ0n) is 14.8. The third-order valence-corrected chi connectivity index (χ3v) is 5.62. The maximum Gasteiger partial charge on any atom is 0.277 e. The Hall–Kier alpha value is -1.22. The van der Waals surface area contributed by atoms with Crippen LogP contribution in [0.2, 0.25) is 0 Å². The van der Waals surface area contributed by atoms with Crippen LogP contribution < -0.4 is 0 Å². The minimum atomic E-state index is -1.61. The average molecular weight is 427 g/mol. The fourth-order valence-electron chi connectivity index (χ4n) is 3.38. The predicted octanol–water partition coefficient (Wildman–Crippen LogP) is 2.64. The Kier molecular flexibility index (Phi) is 5.66. The minimum Gasteiger partial charge on any atom is -0.394 e. The maximum absolute atomic E-state index is 10.5. The Bertz CT molecular complexity index is 754. The highest BCUT2D eigenvalue weighted by atomic mass is 35.5. The summed E-state index contributed by atoms with van der Waals surface area (Å²) in [6.45, 7) is -0.457. The average Bonchev–Trinajstić information content (AvgIpc) is 3.09. The second-order valence-electron chi connectivity index (χ2n) is 6.69. The molecule has 0 saturated carbocycles. The summed E-state index contributed by atoms with van der Waals surface area (Å²) in [5, 5.41) is 17.1. The number of hydrogen-bond acceptors (Lipinski definition) is 6. The van der Waals surface area contributed by atoms with Crippen LogP contribution >= 0.6 is 23.2 Å². The van der Waals surface area contributed by atoms with Crippen LogP contribution in [0.1, 0.15) is 11.1 Å². The van der Waals surface area contributed by atoms with Crippen molar-refractivity contribution >= 4 is 23.2 Å². The SMILES string of the molecule is OC[C@H]1OC(Cl)(c2ccccc2)O[C@H]1[C@@H]1OC(Cl)(c2ccccc2)OC[C@@H]1O. The van der Waals surface area contributed by atoms with Crippen molar-refractivity contribution in [3.05, 3.63) is 71.8 Å². The van der Waals surface area contributed by atoms with E-state index < -0.39 is 34.9 Å². The highest BCUT2D eigenvalue weighted by Crippen LogP contribution is 2.46. The van der Waals surface area contributed by atoms with Crippen LogP contribution in [0.3, 0.4) is 0 Å². The zero-order valence-corrected chi connectivity index (χ0v) is 16.3. The van der Waals surface area contributed by atoms with Gasteiger partial charge in [-0.2, -0.15) is 0 Å². The highest BCUT2D eigenvalue weighted by molar-refractivity contribution is 6.22. The molecule has 2 aliphatic rings. The summed E-state index contributed by atoms with van der Waals surface area (Å²) in [4.78, 5) is 0. The number of halogens is 2. The van der Waals surface area contributed by atoms with Gasteiger partial charge in [0.2, 0.25) is 0 Å². The lowest BCUT2D eigenvalue weighted by molar-refractivity contribution is -0.305. The molecule has 0 amide bonds. The van der Waals surface area contributed by atoms with Crippen molar-refractivity contribution in [3.8, 4) is 0 Å². The Balaban J connectivity index is 1.61. The van der Waals surface area contributed by atoms with Crippen LogP contribution in [-0.2, 0) is 29.4 Å². The topological polar surface area (TPSA) is 77.4 Å². The van der Waals surface area contributed by atoms with Crippen molar-refractivity contribution < 1.29 is 29.2 Å². The van der Waals surface area contributed by atoms with Gasteiger partial charge in [-0.1, -0.05) is 83.9 Å². The number of rotatable bonds is 4. The zero-order chi connectivity index (χ0) is 19.8. The van der Waals surface area contributed by atoms with Crippen LogP contribution in [0.15, 0.2) is 60.7 Å². The summed E-state index contributed by atoms with van der Waals surface area (Å²) < 4.78 is 23.2. The van der Waals surface area contributed by atoms with Gasteiger partial charge >= 0.3 is 0 Å². The van der Waals surface area contributed by atoms with E-state index in [0.29, 0.717) is 11.1 Å². The van der Waals surface area contributed by atoms with Crippen LogP contribution in [0, 0.1) is 0 Å². The number of benzene rings is 2. The van der Waals surface area contributed by atoms with Gasteiger partial charge in [0, 0.05) is 11.1 Å². The molecule has 0 spiro atoms. The largest absolute Gasteiger partial charge is 0.394 e. The van der Waals surface area contributed by atoms with E-state index in [1.54, 1.807) is 48.5 Å². The summed E-state index contributed by atoms with van der Waals surface area (Å²) in [5.41, 5.74) is 1.15. The van der Waals surface area contributed by atoms with Gasteiger partial charge < -0.3 is 29.2 Å². The standard InChI is InChI=1S/C20H20Cl2O6/c21-19(13-7-3-1-4-8-13)25-12-15(24)17(27-19)18-16(11-23)26-20(22,28-18)14-9-5-2-6-10-14/h1-10,15-18,23-24H,11-12H2/t15-,16+,17+,18+,19?,20?/m0/s1. The van der Waals surface area contributed by atoms with Gasteiger partial charge in [0.15, 0.2) is 0 Å². The smallest absolute Gasteiger partial charge is 0.277 e. The van der Waals surface area contributed by atoms with E-state index in [1.165, 1.54) is 0 Å². The van der Waals surface area contributed by atoms with Gasteiger partial charge in [-0.15, -0.1) is 0 Å². The van der Waals surface area contributed by atoms with Crippen molar-refractivity contribution in [3.63, 3.8) is 0 Å². The molecule has 2 fully saturated rings. The molecule has 0 aromatic heterocycles. The van der Waals surface area contributed by atoms with Crippen LogP contribution in [-0.4, -0.2) is 47.8 Å². The van der Waals surface area contributed by atoms with E-state index in [-0.39, 0.29) is 13.2 Å². The second-order valence-corrected chi connectivity index (χ2v) is 7.68. The number of ether oxygens (including phenoxy) is 4. The van der Waals surface area contributed by atoms with Gasteiger partial charge in [-0.25, -0.2) is 0 Å². The van der Waals surface area contributed by atoms with Crippen molar-refractivity contribution in [2.75, 3.05) is 13.2 Å². The molecule has 0 bridgehead atoms. The molecule has 150 valence electrons. The molecule has 8 heteroatoms. The van der Waals surface area contributed by atoms with E-state index in [2.05, 4.69) is 0 Å².